The number of aromatic nitrogens is 1. The lowest BCUT2D eigenvalue weighted by molar-refractivity contribution is -0.148. The number of aryl methyl sites for hydroxylation is 2. The number of rotatable bonds is 8. The highest BCUT2D eigenvalue weighted by molar-refractivity contribution is 7.13. The van der Waals surface area contributed by atoms with Crippen molar-refractivity contribution >= 4 is 34.1 Å². The zero-order valence-electron chi connectivity index (χ0n) is 15.6. The average Bonchev–Trinajstić information content (AvgIpc) is 3.32. The first kappa shape index (κ1) is 19.6. The number of nitriles is 1. The largest absolute Gasteiger partial charge is 0.456 e. The van der Waals surface area contributed by atoms with Gasteiger partial charge in [0.1, 0.15) is 0 Å². The topological polar surface area (TPSA) is 95.0 Å². The van der Waals surface area contributed by atoms with E-state index in [1.165, 1.54) is 0 Å². The Kier molecular flexibility index (Phi) is 6.45. The standard InChI is InChI=1S/C21H21N3O3S/c1-14-5-7-17-16(12-14)15(21(24-17)18-4-2-11-28-18)6-8-20(26)27-13-19(25)23-10-3-9-22/h2,4-5,7,11-12,24H,3,6,8,10,13H2,1H3,(H,23,25). The van der Waals surface area contributed by atoms with E-state index in [-0.39, 0.29) is 26.0 Å². The summed E-state index contributed by atoms with van der Waals surface area (Å²) in [4.78, 5) is 28.3. The van der Waals surface area contributed by atoms with Crippen LogP contribution in [0.2, 0.25) is 0 Å². The lowest BCUT2D eigenvalue weighted by Gasteiger charge is -2.06. The Balaban J connectivity index is 1.67. The predicted molar refractivity (Wildman–Crippen MR) is 109 cm³/mol. The van der Waals surface area contributed by atoms with E-state index in [0.717, 1.165) is 32.6 Å². The molecule has 2 N–H and O–H groups in total. The van der Waals surface area contributed by atoms with Crippen molar-refractivity contribution in [3.05, 3.63) is 46.8 Å². The van der Waals surface area contributed by atoms with Crippen LogP contribution in [-0.2, 0) is 20.7 Å². The fourth-order valence-corrected chi connectivity index (χ4v) is 3.76. The number of hydrogen-bond acceptors (Lipinski definition) is 5. The minimum Gasteiger partial charge on any atom is -0.456 e. The van der Waals surface area contributed by atoms with E-state index >= 15 is 0 Å². The lowest BCUT2D eigenvalue weighted by atomic mass is 10.0. The van der Waals surface area contributed by atoms with Crippen LogP contribution in [0.15, 0.2) is 35.7 Å². The zero-order chi connectivity index (χ0) is 19.9. The number of carbonyl (C=O) groups is 2. The van der Waals surface area contributed by atoms with Gasteiger partial charge in [0.2, 0.25) is 0 Å². The van der Waals surface area contributed by atoms with Gasteiger partial charge in [-0.1, -0.05) is 17.7 Å². The molecule has 0 aliphatic rings. The van der Waals surface area contributed by atoms with Gasteiger partial charge in [0.05, 0.1) is 23.1 Å². The summed E-state index contributed by atoms with van der Waals surface area (Å²) in [5.74, 6) is -0.819. The summed E-state index contributed by atoms with van der Waals surface area (Å²) in [6.07, 6.45) is 0.932. The number of nitrogens with one attached hydrogen (secondary N) is 2. The van der Waals surface area contributed by atoms with Crippen LogP contribution in [0.4, 0.5) is 0 Å². The van der Waals surface area contributed by atoms with Crippen LogP contribution >= 0.6 is 11.3 Å². The molecule has 0 aliphatic heterocycles. The lowest BCUT2D eigenvalue weighted by Crippen LogP contribution is -2.29. The van der Waals surface area contributed by atoms with Crippen LogP contribution in [-0.4, -0.2) is 30.0 Å². The van der Waals surface area contributed by atoms with Crippen molar-refractivity contribution in [2.24, 2.45) is 0 Å². The van der Waals surface area contributed by atoms with Crippen LogP contribution in [0.1, 0.15) is 24.0 Å². The maximum Gasteiger partial charge on any atom is 0.306 e. The molecule has 1 aromatic carbocycles. The number of ether oxygens (including phenoxy) is 1. The van der Waals surface area contributed by atoms with E-state index in [2.05, 4.69) is 34.6 Å². The third-order valence-electron chi connectivity index (χ3n) is 4.33. The molecule has 2 aromatic heterocycles. The molecule has 0 aliphatic carbocycles. The minimum absolute atomic E-state index is 0.185. The Bertz CT molecular complexity index is 1020. The monoisotopic (exact) mass is 395 g/mol. The Hall–Kier alpha value is -3.11. The highest BCUT2D eigenvalue weighted by atomic mass is 32.1. The molecule has 0 saturated heterocycles. The molecule has 7 heteroatoms. The van der Waals surface area contributed by atoms with Gasteiger partial charge in [0, 0.05) is 23.9 Å². The van der Waals surface area contributed by atoms with E-state index in [0.29, 0.717) is 6.42 Å². The molecule has 0 fully saturated rings. The van der Waals surface area contributed by atoms with Crippen molar-refractivity contribution < 1.29 is 14.3 Å². The molecule has 0 atom stereocenters. The number of amides is 1. The first-order chi connectivity index (χ1) is 13.6. The molecule has 1 amide bonds. The summed E-state index contributed by atoms with van der Waals surface area (Å²) in [5.41, 5.74) is 4.30. The molecule has 3 rings (SSSR count). The highest BCUT2D eigenvalue weighted by Gasteiger charge is 2.16. The van der Waals surface area contributed by atoms with Gasteiger partial charge in [-0.15, -0.1) is 11.3 Å². The second-order valence-electron chi connectivity index (χ2n) is 6.42. The van der Waals surface area contributed by atoms with Crippen LogP contribution in [0.5, 0.6) is 0 Å². The van der Waals surface area contributed by atoms with Gasteiger partial charge in [0.15, 0.2) is 6.61 Å². The first-order valence-electron chi connectivity index (χ1n) is 9.03. The summed E-state index contributed by atoms with van der Waals surface area (Å²) in [7, 11) is 0. The Morgan fingerprint density at radius 3 is 2.93 bits per heavy atom. The number of fused-ring (bicyclic) bond motifs is 1. The van der Waals surface area contributed by atoms with Crippen molar-refractivity contribution in [3.63, 3.8) is 0 Å². The van der Waals surface area contributed by atoms with Gasteiger partial charge in [-0.3, -0.25) is 9.59 Å². The summed E-state index contributed by atoms with van der Waals surface area (Å²) in [5, 5.41) is 14.1. The molecule has 0 radical (unpaired) electrons. The number of carbonyl (C=O) groups excluding carboxylic acids is 2. The molecule has 28 heavy (non-hydrogen) atoms. The molecule has 0 bridgehead atoms. The quantitative estimate of drug-likeness (QED) is 0.449. The van der Waals surface area contributed by atoms with E-state index in [1.807, 2.05) is 24.4 Å². The van der Waals surface area contributed by atoms with Gasteiger partial charge in [-0.05, 0) is 42.5 Å². The molecule has 0 spiro atoms. The second-order valence-corrected chi connectivity index (χ2v) is 7.37. The molecule has 3 aromatic rings. The molecular formula is C21H21N3O3S. The van der Waals surface area contributed by atoms with Crippen LogP contribution in [0.25, 0.3) is 21.5 Å². The van der Waals surface area contributed by atoms with Gasteiger partial charge < -0.3 is 15.0 Å². The molecule has 0 unspecified atom stereocenters. The second kappa shape index (κ2) is 9.20. The van der Waals surface area contributed by atoms with Crippen molar-refractivity contribution in [3.8, 4) is 16.6 Å². The maximum atomic E-state index is 12.1. The Labute approximate surface area is 167 Å². The maximum absolute atomic E-state index is 12.1. The first-order valence-corrected chi connectivity index (χ1v) is 9.91. The SMILES string of the molecule is Cc1ccc2[nH]c(-c3cccs3)c(CCC(=O)OCC(=O)NCCC#N)c2c1. The smallest absolute Gasteiger partial charge is 0.306 e. The zero-order valence-corrected chi connectivity index (χ0v) is 16.4. The third-order valence-corrected chi connectivity index (χ3v) is 5.22. The number of esters is 1. The van der Waals surface area contributed by atoms with Crippen LogP contribution in [0, 0.1) is 18.3 Å². The van der Waals surface area contributed by atoms with Crippen LogP contribution < -0.4 is 5.32 Å². The number of nitrogens with zero attached hydrogens (tertiary/aromatic N) is 1. The van der Waals surface area contributed by atoms with E-state index in [9.17, 15) is 9.59 Å². The number of hydrogen-bond donors (Lipinski definition) is 2. The summed E-state index contributed by atoms with van der Waals surface area (Å²) in [6.45, 7) is 1.97. The predicted octanol–water partition coefficient (Wildman–Crippen LogP) is 3.71. The Morgan fingerprint density at radius 1 is 1.32 bits per heavy atom. The van der Waals surface area contributed by atoms with E-state index in [1.54, 1.807) is 11.3 Å². The highest BCUT2D eigenvalue weighted by Crippen LogP contribution is 2.34. The molecule has 6 nitrogen and oxygen atoms in total. The summed E-state index contributed by atoms with van der Waals surface area (Å²) in [6, 6.07) is 12.2. The number of aromatic amines is 1. The summed E-state index contributed by atoms with van der Waals surface area (Å²) >= 11 is 1.64. The molecule has 144 valence electrons. The van der Waals surface area contributed by atoms with Gasteiger partial charge in [-0.2, -0.15) is 5.26 Å². The number of H-pyrrole nitrogens is 1. The van der Waals surface area contributed by atoms with Crippen molar-refractivity contribution in [1.82, 2.24) is 10.3 Å². The fraction of sp³-hybridized carbons (Fsp3) is 0.286. The van der Waals surface area contributed by atoms with Crippen molar-refractivity contribution in [2.45, 2.75) is 26.2 Å². The Morgan fingerprint density at radius 2 is 2.18 bits per heavy atom. The van der Waals surface area contributed by atoms with Crippen molar-refractivity contribution in [1.29, 1.82) is 5.26 Å². The molecule has 0 saturated carbocycles. The normalized spacial score (nSPS) is 10.6. The molecule has 2 heterocycles. The van der Waals surface area contributed by atoms with E-state index in [4.69, 9.17) is 10.00 Å². The van der Waals surface area contributed by atoms with E-state index < -0.39 is 11.9 Å². The van der Waals surface area contributed by atoms with Crippen molar-refractivity contribution in [2.75, 3.05) is 13.2 Å². The third kappa shape index (κ3) is 4.78. The van der Waals surface area contributed by atoms with Gasteiger partial charge >= 0.3 is 5.97 Å². The minimum atomic E-state index is -0.422. The van der Waals surface area contributed by atoms with Crippen LogP contribution in [0.3, 0.4) is 0 Å². The van der Waals surface area contributed by atoms with Gasteiger partial charge in [0.25, 0.3) is 5.91 Å². The summed E-state index contributed by atoms with van der Waals surface area (Å²) < 4.78 is 5.06. The number of thiophene rings is 1. The van der Waals surface area contributed by atoms with Gasteiger partial charge in [-0.25, -0.2) is 0 Å². The molecular weight excluding hydrogens is 374 g/mol. The number of benzene rings is 1. The average molecular weight is 395 g/mol. The fourth-order valence-electron chi connectivity index (χ4n) is 3.01.